The Labute approximate surface area is 172 Å². The van der Waals surface area contributed by atoms with Crippen LogP contribution in [0.15, 0.2) is 40.0 Å². The summed E-state index contributed by atoms with van der Waals surface area (Å²) in [6, 6.07) is 8.99. The van der Waals surface area contributed by atoms with Gasteiger partial charge in [0.2, 0.25) is 5.91 Å². The van der Waals surface area contributed by atoms with Crippen molar-refractivity contribution in [2.75, 3.05) is 12.4 Å². The number of aryl methyl sites for hydroxylation is 1. The van der Waals surface area contributed by atoms with Crippen LogP contribution >= 0.6 is 11.8 Å². The van der Waals surface area contributed by atoms with Gasteiger partial charge in [0.15, 0.2) is 22.9 Å². The van der Waals surface area contributed by atoms with Gasteiger partial charge in [-0.1, -0.05) is 16.9 Å². The quantitative estimate of drug-likeness (QED) is 0.556. The van der Waals surface area contributed by atoms with Crippen molar-refractivity contribution in [2.45, 2.75) is 37.3 Å². The Balaban J connectivity index is 1.62. The van der Waals surface area contributed by atoms with E-state index in [9.17, 15) is 4.79 Å². The lowest BCUT2D eigenvalue weighted by molar-refractivity contribution is -0.115. The Kier molecular flexibility index (Phi) is 6.42. The maximum absolute atomic E-state index is 12.4. The molecule has 9 nitrogen and oxygen atoms in total. The molecule has 3 rings (SSSR count). The van der Waals surface area contributed by atoms with E-state index < -0.39 is 5.25 Å². The minimum absolute atomic E-state index is 0.199. The SMILES string of the molecule is COc1ccc(OC(C)c2nnc(SC(C)C(=O)Nc3cc(C)on3)n2C)cc1. The predicted octanol–water partition coefficient (Wildman–Crippen LogP) is 3.38. The third-order valence-corrected chi connectivity index (χ3v) is 5.27. The number of nitrogens with zero attached hydrogens (tertiary/aromatic N) is 4. The van der Waals surface area contributed by atoms with Crippen molar-refractivity contribution in [3.8, 4) is 11.5 Å². The van der Waals surface area contributed by atoms with Crippen LogP contribution in [0, 0.1) is 6.92 Å². The summed E-state index contributed by atoms with van der Waals surface area (Å²) in [6.07, 6.45) is -0.322. The van der Waals surface area contributed by atoms with Gasteiger partial charge in [-0.2, -0.15) is 0 Å². The molecule has 0 spiro atoms. The fourth-order valence-electron chi connectivity index (χ4n) is 2.56. The second-order valence-electron chi connectivity index (χ2n) is 6.41. The second-order valence-corrected chi connectivity index (χ2v) is 7.72. The van der Waals surface area contributed by atoms with Crippen LogP contribution in [0.1, 0.15) is 31.5 Å². The molecule has 10 heteroatoms. The van der Waals surface area contributed by atoms with Crippen LogP contribution < -0.4 is 14.8 Å². The molecular weight excluding hydrogens is 394 g/mol. The Morgan fingerprint density at radius 3 is 2.52 bits per heavy atom. The molecule has 0 aliphatic heterocycles. The number of hydrogen-bond acceptors (Lipinski definition) is 8. The van der Waals surface area contributed by atoms with E-state index in [4.69, 9.17) is 14.0 Å². The molecular formula is C19H23N5O4S. The van der Waals surface area contributed by atoms with E-state index in [0.717, 1.165) is 5.75 Å². The first-order chi connectivity index (χ1) is 13.9. The molecule has 2 aromatic heterocycles. The van der Waals surface area contributed by atoms with Crippen molar-refractivity contribution in [1.82, 2.24) is 19.9 Å². The molecule has 0 radical (unpaired) electrons. The van der Waals surface area contributed by atoms with Crippen LogP contribution in [-0.2, 0) is 11.8 Å². The van der Waals surface area contributed by atoms with Crippen LogP contribution in [0.5, 0.6) is 11.5 Å². The van der Waals surface area contributed by atoms with Gasteiger partial charge >= 0.3 is 0 Å². The monoisotopic (exact) mass is 417 g/mol. The molecule has 1 amide bonds. The maximum atomic E-state index is 12.4. The highest BCUT2D eigenvalue weighted by Gasteiger charge is 2.22. The zero-order chi connectivity index (χ0) is 21.0. The number of aromatic nitrogens is 4. The zero-order valence-corrected chi connectivity index (χ0v) is 17.7. The molecule has 3 aromatic rings. The Hall–Kier alpha value is -3.01. The van der Waals surface area contributed by atoms with Crippen LogP contribution in [0.25, 0.3) is 0 Å². The molecule has 0 saturated heterocycles. The number of anilines is 1. The summed E-state index contributed by atoms with van der Waals surface area (Å²) in [4.78, 5) is 12.4. The number of hydrogen-bond donors (Lipinski definition) is 1. The summed E-state index contributed by atoms with van der Waals surface area (Å²) in [5, 5.41) is 15.1. The van der Waals surface area contributed by atoms with Gasteiger partial charge in [-0.25, -0.2) is 0 Å². The van der Waals surface area contributed by atoms with Crippen molar-refractivity contribution >= 4 is 23.5 Å². The van der Waals surface area contributed by atoms with Crippen molar-refractivity contribution < 1.29 is 18.8 Å². The molecule has 2 atom stereocenters. The first-order valence-electron chi connectivity index (χ1n) is 8.98. The largest absolute Gasteiger partial charge is 0.497 e. The highest BCUT2D eigenvalue weighted by atomic mass is 32.2. The fraction of sp³-hybridized carbons (Fsp3) is 0.368. The summed E-state index contributed by atoms with van der Waals surface area (Å²) in [6.45, 7) is 5.45. The van der Waals surface area contributed by atoms with Crippen molar-refractivity contribution in [1.29, 1.82) is 0 Å². The molecule has 0 aliphatic rings. The minimum atomic E-state index is -0.402. The van der Waals surface area contributed by atoms with Gasteiger partial charge in [-0.3, -0.25) is 4.79 Å². The summed E-state index contributed by atoms with van der Waals surface area (Å²) >= 11 is 1.30. The van der Waals surface area contributed by atoms with Crippen LogP contribution in [0.4, 0.5) is 5.82 Å². The molecule has 0 bridgehead atoms. The third-order valence-electron chi connectivity index (χ3n) is 4.14. The van der Waals surface area contributed by atoms with Gasteiger partial charge in [0.05, 0.1) is 12.4 Å². The average molecular weight is 417 g/mol. The standard InChI is InChI=1S/C19H23N5O4S/c1-11-10-16(23-28-11)20-18(25)13(3)29-19-22-21-17(24(19)4)12(2)27-15-8-6-14(26-5)7-9-15/h6-10,12-13H,1-5H3,(H,20,23,25). The van der Waals surface area contributed by atoms with E-state index in [1.54, 1.807) is 27.0 Å². The number of carbonyl (C=O) groups is 1. The normalized spacial score (nSPS) is 13.0. The number of nitrogens with one attached hydrogen (secondary N) is 1. The van der Waals surface area contributed by atoms with E-state index >= 15 is 0 Å². The van der Waals surface area contributed by atoms with Crippen molar-refractivity contribution in [3.05, 3.63) is 41.9 Å². The van der Waals surface area contributed by atoms with E-state index in [1.807, 2.05) is 42.8 Å². The molecule has 0 aliphatic carbocycles. The number of methoxy groups -OCH3 is 1. The van der Waals surface area contributed by atoms with Crippen molar-refractivity contribution in [2.24, 2.45) is 7.05 Å². The zero-order valence-electron chi connectivity index (χ0n) is 16.9. The second kappa shape index (κ2) is 8.99. The van der Waals surface area contributed by atoms with Crippen LogP contribution in [-0.4, -0.2) is 38.2 Å². The molecule has 2 unspecified atom stereocenters. The number of rotatable bonds is 8. The lowest BCUT2D eigenvalue weighted by Crippen LogP contribution is -2.23. The summed E-state index contributed by atoms with van der Waals surface area (Å²) in [7, 11) is 3.46. The fourth-order valence-corrected chi connectivity index (χ4v) is 3.38. The van der Waals surface area contributed by atoms with E-state index in [0.29, 0.717) is 28.3 Å². The van der Waals surface area contributed by atoms with Gasteiger partial charge in [0.25, 0.3) is 0 Å². The molecule has 2 heterocycles. The van der Waals surface area contributed by atoms with Crippen LogP contribution in [0.2, 0.25) is 0 Å². The molecule has 1 N–H and O–H groups in total. The van der Waals surface area contributed by atoms with Crippen molar-refractivity contribution in [3.63, 3.8) is 0 Å². The minimum Gasteiger partial charge on any atom is -0.497 e. The highest BCUT2D eigenvalue weighted by Crippen LogP contribution is 2.27. The summed E-state index contributed by atoms with van der Waals surface area (Å²) in [5.74, 6) is 2.93. The number of ether oxygens (including phenoxy) is 2. The van der Waals surface area contributed by atoms with E-state index in [-0.39, 0.29) is 12.0 Å². The highest BCUT2D eigenvalue weighted by molar-refractivity contribution is 8.00. The molecule has 0 fully saturated rings. The predicted molar refractivity (Wildman–Crippen MR) is 108 cm³/mol. The summed E-state index contributed by atoms with van der Waals surface area (Å²) < 4.78 is 17.9. The van der Waals surface area contributed by atoms with Gasteiger partial charge < -0.3 is 23.9 Å². The smallest absolute Gasteiger partial charge is 0.238 e. The van der Waals surface area contributed by atoms with Gasteiger partial charge in [-0.15, -0.1) is 10.2 Å². The van der Waals surface area contributed by atoms with Gasteiger partial charge in [0, 0.05) is 13.1 Å². The number of benzene rings is 1. The average Bonchev–Trinajstić information content (AvgIpc) is 3.27. The lowest BCUT2D eigenvalue weighted by atomic mass is 10.3. The Morgan fingerprint density at radius 1 is 1.21 bits per heavy atom. The van der Waals surface area contributed by atoms with Gasteiger partial charge in [0.1, 0.15) is 17.3 Å². The van der Waals surface area contributed by atoms with Gasteiger partial charge in [-0.05, 0) is 45.0 Å². The number of amides is 1. The topological polar surface area (TPSA) is 104 Å². The third kappa shape index (κ3) is 5.08. The summed E-state index contributed by atoms with van der Waals surface area (Å²) in [5.41, 5.74) is 0. The number of carbonyl (C=O) groups excluding carboxylic acids is 1. The van der Waals surface area contributed by atoms with Crippen LogP contribution in [0.3, 0.4) is 0 Å². The molecule has 154 valence electrons. The van der Waals surface area contributed by atoms with E-state index in [2.05, 4.69) is 20.7 Å². The first-order valence-corrected chi connectivity index (χ1v) is 9.86. The molecule has 1 aromatic carbocycles. The lowest BCUT2D eigenvalue weighted by Gasteiger charge is -2.15. The van der Waals surface area contributed by atoms with E-state index in [1.165, 1.54) is 11.8 Å². The Bertz CT molecular complexity index is 969. The molecule has 0 saturated carbocycles. The molecule has 29 heavy (non-hydrogen) atoms. The maximum Gasteiger partial charge on any atom is 0.238 e. The number of thioether (sulfide) groups is 1. The Morgan fingerprint density at radius 2 is 1.90 bits per heavy atom. The first kappa shape index (κ1) is 20.7.